The quantitative estimate of drug-likeness (QED) is 0.129. The minimum absolute atomic E-state index is 0.276. The van der Waals surface area contributed by atoms with Crippen molar-refractivity contribution < 1.29 is 18.7 Å². The van der Waals surface area contributed by atoms with E-state index >= 15 is 0 Å². The van der Waals surface area contributed by atoms with Crippen LogP contribution in [0.1, 0.15) is 23.2 Å². The molecule has 0 bridgehead atoms. The van der Waals surface area contributed by atoms with Gasteiger partial charge in [0.1, 0.15) is 17.3 Å². The van der Waals surface area contributed by atoms with E-state index in [0.717, 1.165) is 18.6 Å². The third kappa shape index (κ3) is 6.38. The summed E-state index contributed by atoms with van der Waals surface area (Å²) in [6, 6.07) is 19.1. The molecule has 0 aliphatic carbocycles. The Kier molecular flexibility index (Phi) is 7.44. The van der Waals surface area contributed by atoms with Crippen LogP contribution in [0.4, 0.5) is 15.8 Å². The van der Waals surface area contributed by atoms with Gasteiger partial charge in [0, 0.05) is 0 Å². The van der Waals surface area contributed by atoms with Crippen LogP contribution in [-0.2, 0) is 0 Å². The second-order valence-electron chi connectivity index (χ2n) is 6.36. The number of esters is 1. The number of hydrogen-bond acceptors (Lipinski definition) is 5. The zero-order chi connectivity index (χ0) is 21.2. The number of rotatable bonds is 9. The highest BCUT2D eigenvalue weighted by atomic mass is 19.1. The standard InChI is InChI=1S/C24H21FN2O3/c1-2-3-4-17-29-22-15-11-21(12-16-22)27-26-20-9-5-18(6-10-20)24(28)30-23-13-7-19(25)8-14-23/h2,5-16H,1,3-4,17H2. The second kappa shape index (κ2) is 10.7. The maximum atomic E-state index is 12.9. The van der Waals surface area contributed by atoms with E-state index < -0.39 is 11.8 Å². The molecule has 0 spiro atoms. The zero-order valence-corrected chi connectivity index (χ0v) is 16.3. The van der Waals surface area contributed by atoms with Gasteiger partial charge in [0.15, 0.2) is 0 Å². The summed E-state index contributed by atoms with van der Waals surface area (Å²) < 4.78 is 23.7. The van der Waals surface area contributed by atoms with E-state index in [1.54, 1.807) is 24.3 Å². The van der Waals surface area contributed by atoms with Crippen molar-refractivity contribution in [3.8, 4) is 11.5 Å². The van der Waals surface area contributed by atoms with E-state index in [0.29, 0.717) is 23.5 Å². The summed E-state index contributed by atoms with van der Waals surface area (Å²) in [5.41, 5.74) is 1.64. The number of azo groups is 1. The molecule has 0 aromatic heterocycles. The van der Waals surface area contributed by atoms with Crippen LogP contribution in [-0.4, -0.2) is 12.6 Å². The molecule has 5 nitrogen and oxygen atoms in total. The topological polar surface area (TPSA) is 60.2 Å². The van der Waals surface area contributed by atoms with Crippen molar-refractivity contribution in [1.29, 1.82) is 0 Å². The summed E-state index contributed by atoms with van der Waals surface area (Å²) in [7, 11) is 0. The van der Waals surface area contributed by atoms with Gasteiger partial charge in [0.25, 0.3) is 0 Å². The highest BCUT2D eigenvalue weighted by molar-refractivity contribution is 5.91. The number of carbonyl (C=O) groups excluding carboxylic acids is 1. The SMILES string of the molecule is C=CCCCOc1ccc(N=Nc2ccc(C(=O)Oc3ccc(F)cc3)cc2)cc1. The van der Waals surface area contributed by atoms with E-state index in [2.05, 4.69) is 16.8 Å². The average molecular weight is 404 g/mol. The molecule has 0 N–H and O–H groups in total. The highest BCUT2D eigenvalue weighted by Crippen LogP contribution is 2.22. The molecule has 0 saturated carbocycles. The van der Waals surface area contributed by atoms with Gasteiger partial charge in [0.2, 0.25) is 0 Å². The maximum Gasteiger partial charge on any atom is 0.343 e. The number of hydrogen-bond donors (Lipinski definition) is 0. The minimum Gasteiger partial charge on any atom is -0.494 e. The fourth-order valence-electron chi connectivity index (χ4n) is 2.47. The molecule has 30 heavy (non-hydrogen) atoms. The fraction of sp³-hybridized carbons (Fsp3) is 0.125. The molecule has 3 rings (SSSR count). The van der Waals surface area contributed by atoms with E-state index in [9.17, 15) is 9.18 Å². The summed E-state index contributed by atoms with van der Waals surface area (Å²) in [5, 5.41) is 8.35. The largest absolute Gasteiger partial charge is 0.494 e. The Labute approximate surface area is 174 Å². The Morgan fingerprint density at radius 3 is 2.03 bits per heavy atom. The van der Waals surface area contributed by atoms with Gasteiger partial charge in [-0.05, 0) is 85.6 Å². The minimum atomic E-state index is -0.534. The lowest BCUT2D eigenvalue weighted by Crippen LogP contribution is -2.08. The Morgan fingerprint density at radius 2 is 1.43 bits per heavy atom. The van der Waals surface area contributed by atoms with Gasteiger partial charge in [-0.25, -0.2) is 9.18 Å². The predicted octanol–water partition coefficient (Wildman–Crippen LogP) is 6.81. The average Bonchev–Trinajstić information content (AvgIpc) is 2.78. The van der Waals surface area contributed by atoms with Gasteiger partial charge >= 0.3 is 5.97 Å². The van der Waals surface area contributed by atoms with Crippen molar-refractivity contribution in [2.75, 3.05) is 6.61 Å². The number of halogens is 1. The van der Waals surface area contributed by atoms with Crippen molar-refractivity contribution in [3.63, 3.8) is 0 Å². The lowest BCUT2D eigenvalue weighted by Gasteiger charge is -2.05. The second-order valence-corrected chi connectivity index (χ2v) is 6.36. The van der Waals surface area contributed by atoms with Crippen molar-refractivity contribution in [1.82, 2.24) is 0 Å². The normalized spacial score (nSPS) is 10.7. The molecule has 6 heteroatoms. The third-order valence-corrected chi connectivity index (χ3v) is 4.07. The maximum absolute atomic E-state index is 12.9. The van der Waals surface area contributed by atoms with Crippen LogP contribution >= 0.6 is 0 Å². The smallest absolute Gasteiger partial charge is 0.343 e. The molecule has 0 unspecified atom stereocenters. The number of unbranched alkanes of at least 4 members (excludes halogenated alkanes) is 1. The molecule has 0 saturated heterocycles. The number of benzene rings is 3. The van der Waals surface area contributed by atoms with Crippen LogP contribution in [0.25, 0.3) is 0 Å². The van der Waals surface area contributed by atoms with Crippen molar-refractivity contribution >= 4 is 17.3 Å². The molecular weight excluding hydrogens is 383 g/mol. The monoisotopic (exact) mass is 404 g/mol. The zero-order valence-electron chi connectivity index (χ0n) is 16.3. The van der Waals surface area contributed by atoms with Crippen LogP contribution in [0.5, 0.6) is 11.5 Å². The number of ether oxygens (including phenoxy) is 2. The molecule has 152 valence electrons. The molecule has 0 aliphatic rings. The summed E-state index contributed by atoms with van der Waals surface area (Å²) in [5.74, 6) is 0.129. The molecule has 0 atom stereocenters. The number of nitrogens with zero attached hydrogens (tertiary/aromatic N) is 2. The summed E-state index contributed by atoms with van der Waals surface area (Å²) >= 11 is 0. The van der Waals surface area contributed by atoms with Gasteiger partial charge in [-0.1, -0.05) is 6.08 Å². The number of carbonyl (C=O) groups is 1. The molecule has 3 aromatic rings. The summed E-state index contributed by atoms with van der Waals surface area (Å²) in [6.07, 6.45) is 3.72. The predicted molar refractivity (Wildman–Crippen MR) is 113 cm³/mol. The highest BCUT2D eigenvalue weighted by Gasteiger charge is 2.08. The van der Waals surface area contributed by atoms with Gasteiger partial charge < -0.3 is 9.47 Å². The Bertz CT molecular complexity index is 998. The fourth-order valence-corrected chi connectivity index (χ4v) is 2.47. The van der Waals surface area contributed by atoms with Crippen molar-refractivity contribution in [3.05, 3.63) is 96.8 Å². The van der Waals surface area contributed by atoms with E-state index in [1.165, 1.54) is 24.3 Å². The van der Waals surface area contributed by atoms with Crippen LogP contribution in [0, 0.1) is 5.82 Å². The van der Waals surface area contributed by atoms with Gasteiger partial charge in [0.05, 0.1) is 23.5 Å². The molecule has 0 amide bonds. The van der Waals surface area contributed by atoms with E-state index in [4.69, 9.17) is 9.47 Å². The molecule has 0 aliphatic heterocycles. The van der Waals surface area contributed by atoms with Crippen molar-refractivity contribution in [2.45, 2.75) is 12.8 Å². The Balaban J connectivity index is 1.54. The van der Waals surface area contributed by atoms with Gasteiger partial charge in [-0.2, -0.15) is 10.2 Å². The van der Waals surface area contributed by atoms with Crippen LogP contribution < -0.4 is 9.47 Å². The van der Waals surface area contributed by atoms with Crippen LogP contribution in [0.15, 0.2) is 95.7 Å². The summed E-state index contributed by atoms with van der Waals surface area (Å²) in [6.45, 7) is 4.32. The molecule has 0 radical (unpaired) electrons. The first kappa shape index (κ1) is 20.9. The first-order valence-corrected chi connectivity index (χ1v) is 9.47. The first-order valence-electron chi connectivity index (χ1n) is 9.47. The van der Waals surface area contributed by atoms with Gasteiger partial charge in [-0.15, -0.1) is 6.58 Å². The number of allylic oxidation sites excluding steroid dienone is 1. The molecule has 0 heterocycles. The Hall–Kier alpha value is -3.80. The van der Waals surface area contributed by atoms with Crippen LogP contribution in [0.2, 0.25) is 0 Å². The van der Waals surface area contributed by atoms with E-state index in [1.807, 2.05) is 30.3 Å². The van der Waals surface area contributed by atoms with Gasteiger partial charge in [-0.3, -0.25) is 0 Å². The molecular formula is C24H21FN2O3. The summed E-state index contributed by atoms with van der Waals surface area (Å²) in [4.78, 5) is 12.1. The lowest BCUT2D eigenvalue weighted by molar-refractivity contribution is 0.0734. The first-order chi connectivity index (χ1) is 14.6. The lowest BCUT2D eigenvalue weighted by atomic mass is 10.2. The van der Waals surface area contributed by atoms with Crippen molar-refractivity contribution in [2.24, 2.45) is 10.2 Å². The third-order valence-electron chi connectivity index (χ3n) is 4.07. The molecule has 3 aromatic carbocycles. The molecule has 0 fully saturated rings. The van der Waals surface area contributed by atoms with Crippen LogP contribution in [0.3, 0.4) is 0 Å². The van der Waals surface area contributed by atoms with E-state index in [-0.39, 0.29) is 5.75 Å². The Morgan fingerprint density at radius 1 is 0.867 bits per heavy atom.